The average Bonchev–Trinajstić information content (AvgIpc) is 2.92. The van der Waals surface area contributed by atoms with Gasteiger partial charge < -0.3 is 5.32 Å². The molecule has 0 aliphatic carbocycles. The largest absolute Gasteiger partial charge is 0.337 e. The van der Waals surface area contributed by atoms with Crippen molar-refractivity contribution in [2.75, 3.05) is 5.32 Å². The third-order valence-electron chi connectivity index (χ3n) is 3.94. The lowest BCUT2D eigenvalue weighted by Crippen LogP contribution is -2.02. The number of hydrogen-bond acceptors (Lipinski definition) is 5. The van der Waals surface area contributed by atoms with Gasteiger partial charge in [0.15, 0.2) is 11.6 Å². The van der Waals surface area contributed by atoms with Crippen molar-refractivity contribution >= 4 is 34.1 Å². The highest BCUT2D eigenvalue weighted by molar-refractivity contribution is 6.29. The lowest BCUT2D eigenvalue weighted by Gasteiger charge is -2.10. The van der Waals surface area contributed by atoms with Crippen molar-refractivity contribution in [1.82, 2.24) is 24.7 Å². The smallest absolute Gasteiger partial charge is 0.162 e. The highest BCUT2D eigenvalue weighted by Gasteiger charge is 2.16. The SMILES string of the molecule is Cc1nn(C)c2c(Nc3ccc(Cl)nc3)nc(-c3ccc(F)cc3)nc12. The van der Waals surface area contributed by atoms with Crippen LogP contribution in [0.15, 0.2) is 42.6 Å². The molecule has 0 fully saturated rings. The van der Waals surface area contributed by atoms with E-state index in [4.69, 9.17) is 11.6 Å². The molecule has 0 unspecified atom stereocenters. The van der Waals surface area contributed by atoms with Gasteiger partial charge in [0.05, 0.1) is 17.6 Å². The van der Waals surface area contributed by atoms with Gasteiger partial charge in [-0.2, -0.15) is 5.10 Å². The van der Waals surface area contributed by atoms with Crippen LogP contribution in [0.1, 0.15) is 5.69 Å². The Kier molecular flexibility index (Phi) is 4.00. The normalized spacial score (nSPS) is 11.1. The van der Waals surface area contributed by atoms with E-state index < -0.39 is 0 Å². The van der Waals surface area contributed by atoms with E-state index in [1.54, 1.807) is 29.1 Å². The average molecular weight is 369 g/mol. The minimum Gasteiger partial charge on any atom is -0.337 e. The number of aryl methyl sites for hydroxylation is 2. The van der Waals surface area contributed by atoms with Crippen LogP contribution in [-0.2, 0) is 7.05 Å². The van der Waals surface area contributed by atoms with E-state index in [9.17, 15) is 4.39 Å². The highest BCUT2D eigenvalue weighted by atomic mass is 35.5. The molecule has 3 aromatic heterocycles. The summed E-state index contributed by atoms with van der Waals surface area (Å²) in [6.45, 7) is 1.89. The van der Waals surface area contributed by atoms with Crippen molar-refractivity contribution in [2.24, 2.45) is 7.05 Å². The lowest BCUT2D eigenvalue weighted by atomic mass is 10.2. The van der Waals surface area contributed by atoms with Crippen molar-refractivity contribution in [3.63, 3.8) is 0 Å². The topological polar surface area (TPSA) is 68.5 Å². The van der Waals surface area contributed by atoms with Crippen LogP contribution < -0.4 is 5.32 Å². The molecule has 1 N–H and O–H groups in total. The molecule has 0 bridgehead atoms. The van der Waals surface area contributed by atoms with Gasteiger partial charge in [0.2, 0.25) is 0 Å². The molecule has 0 aliphatic heterocycles. The fourth-order valence-electron chi connectivity index (χ4n) is 2.74. The molecule has 130 valence electrons. The fraction of sp³-hybridized carbons (Fsp3) is 0.111. The summed E-state index contributed by atoms with van der Waals surface area (Å²) in [6.07, 6.45) is 1.62. The van der Waals surface area contributed by atoms with E-state index in [1.807, 2.05) is 20.0 Å². The zero-order valence-electron chi connectivity index (χ0n) is 14.0. The van der Waals surface area contributed by atoms with Crippen LogP contribution >= 0.6 is 11.6 Å². The predicted octanol–water partition coefficient (Wildman–Crippen LogP) is 4.27. The molecule has 4 rings (SSSR count). The number of fused-ring (bicyclic) bond motifs is 1. The van der Waals surface area contributed by atoms with E-state index in [2.05, 4.69) is 25.4 Å². The summed E-state index contributed by atoms with van der Waals surface area (Å²) >= 11 is 5.85. The summed E-state index contributed by atoms with van der Waals surface area (Å²) in [6, 6.07) is 9.57. The van der Waals surface area contributed by atoms with Crippen LogP contribution in [0, 0.1) is 12.7 Å². The lowest BCUT2D eigenvalue weighted by molar-refractivity contribution is 0.628. The van der Waals surface area contributed by atoms with Gasteiger partial charge in [0.25, 0.3) is 0 Å². The van der Waals surface area contributed by atoms with Gasteiger partial charge in [-0.05, 0) is 43.3 Å². The monoisotopic (exact) mass is 368 g/mol. The van der Waals surface area contributed by atoms with Crippen molar-refractivity contribution in [3.8, 4) is 11.4 Å². The maximum absolute atomic E-state index is 13.2. The van der Waals surface area contributed by atoms with E-state index in [-0.39, 0.29) is 5.82 Å². The summed E-state index contributed by atoms with van der Waals surface area (Å²) in [4.78, 5) is 13.3. The van der Waals surface area contributed by atoms with Gasteiger partial charge in [-0.15, -0.1) is 0 Å². The molecular formula is C18H14ClFN6. The molecule has 6 nitrogen and oxygen atoms in total. The molecule has 8 heteroatoms. The molecule has 1 aromatic carbocycles. The molecule has 0 radical (unpaired) electrons. The van der Waals surface area contributed by atoms with Gasteiger partial charge in [0, 0.05) is 12.6 Å². The molecule has 26 heavy (non-hydrogen) atoms. The Bertz CT molecular complexity index is 1090. The Hall–Kier alpha value is -3.06. The quantitative estimate of drug-likeness (QED) is 0.547. The molecule has 0 aliphatic rings. The van der Waals surface area contributed by atoms with E-state index in [0.717, 1.165) is 22.4 Å². The number of hydrogen-bond donors (Lipinski definition) is 1. The number of aromatic nitrogens is 5. The number of nitrogens with zero attached hydrogens (tertiary/aromatic N) is 5. The number of nitrogens with one attached hydrogen (secondary N) is 1. The predicted molar refractivity (Wildman–Crippen MR) is 99.0 cm³/mol. The second kappa shape index (κ2) is 6.34. The summed E-state index contributed by atoms with van der Waals surface area (Å²) in [7, 11) is 1.83. The van der Waals surface area contributed by atoms with Crippen molar-refractivity contribution in [3.05, 3.63) is 59.3 Å². The van der Waals surface area contributed by atoms with Crippen LogP contribution in [-0.4, -0.2) is 24.7 Å². The number of halogens is 2. The summed E-state index contributed by atoms with van der Waals surface area (Å²) in [5, 5.41) is 8.08. The van der Waals surface area contributed by atoms with Crippen LogP contribution in [0.25, 0.3) is 22.4 Å². The van der Waals surface area contributed by atoms with Crippen LogP contribution in [0.5, 0.6) is 0 Å². The number of anilines is 2. The minimum absolute atomic E-state index is 0.307. The number of rotatable bonds is 3. The molecule has 0 atom stereocenters. The first-order valence-corrected chi connectivity index (χ1v) is 8.25. The van der Waals surface area contributed by atoms with Gasteiger partial charge in [-0.25, -0.2) is 19.3 Å². The van der Waals surface area contributed by atoms with Crippen molar-refractivity contribution < 1.29 is 4.39 Å². The first-order valence-electron chi connectivity index (χ1n) is 7.87. The van der Waals surface area contributed by atoms with Crippen LogP contribution in [0.3, 0.4) is 0 Å². The highest BCUT2D eigenvalue weighted by Crippen LogP contribution is 2.28. The molecule has 0 amide bonds. The molecule has 0 saturated heterocycles. The summed E-state index contributed by atoms with van der Waals surface area (Å²) < 4.78 is 15.0. The Morgan fingerprint density at radius 2 is 1.85 bits per heavy atom. The summed E-state index contributed by atoms with van der Waals surface area (Å²) in [5.74, 6) is 0.762. The molecule has 0 saturated carbocycles. The van der Waals surface area contributed by atoms with E-state index >= 15 is 0 Å². The van der Waals surface area contributed by atoms with Crippen LogP contribution in [0.2, 0.25) is 5.15 Å². The summed E-state index contributed by atoms with van der Waals surface area (Å²) in [5.41, 5.74) is 3.73. The third kappa shape index (κ3) is 2.97. The van der Waals surface area contributed by atoms with Gasteiger partial charge in [0.1, 0.15) is 22.0 Å². The van der Waals surface area contributed by atoms with Crippen molar-refractivity contribution in [2.45, 2.75) is 6.92 Å². The Labute approximate surface area is 153 Å². The zero-order valence-corrected chi connectivity index (χ0v) is 14.8. The Balaban J connectivity index is 1.88. The third-order valence-corrected chi connectivity index (χ3v) is 4.17. The van der Waals surface area contributed by atoms with E-state index in [1.165, 1.54) is 12.1 Å². The molecule has 3 heterocycles. The molecule has 0 spiro atoms. The van der Waals surface area contributed by atoms with Gasteiger partial charge in [-0.3, -0.25) is 4.68 Å². The fourth-order valence-corrected chi connectivity index (χ4v) is 2.85. The van der Waals surface area contributed by atoms with Crippen LogP contribution in [0.4, 0.5) is 15.9 Å². The minimum atomic E-state index is -0.307. The van der Waals surface area contributed by atoms with Gasteiger partial charge in [-0.1, -0.05) is 11.6 Å². The van der Waals surface area contributed by atoms with Gasteiger partial charge >= 0.3 is 0 Å². The van der Waals surface area contributed by atoms with Crippen molar-refractivity contribution in [1.29, 1.82) is 0 Å². The second-order valence-electron chi connectivity index (χ2n) is 5.80. The first-order chi connectivity index (χ1) is 12.5. The number of benzene rings is 1. The first kappa shape index (κ1) is 16.4. The second-order valence-corrected chi connectivity index (χ2v) is 6.19. The van der Waals surface area contributed by atoms with E-state index in [0.29, 0.717) is 22.4 Å². The Morgan fingerprint density at radius 1 is 1.08 bits per heavy atom. The zero-order chi connectivity index (χ0) is 18.3. The Morgan fingerprint density at radius 3 is 2.54 bits per heavy atom. The molecule has 4 aromatic rings. The maximum atomic E-state index is 13.2. The number of pyridine rings is 1. The maximum Gasteiger partial charge on any atom is 0.162 e. The molecular weight excluding hydrogens is 355 g/mol. The standard InChI is InChI=1S/C18H14ClFN6/c1-10-15-16(26(2)25-10)18(22-13-7-8-14(19)21-9-13)24-17(23-15)11-3-5-12(20)6-4-11/h3-9H,1-2H3,(H,22,23,24).